The molecule has 1 rings (SSSR count). The Labute approximate surface area is 123 Å². The van der Waals surface area contributed by atoms with Crippen molar-refractivity contribution in [1.82, 2.24) is 10.0 Å². The van der Waals surface area contributed by atoms with Crippen LogP contribution in [0.2, 0.25) is 0 Å². The molecule has 0 aliphatic carbocycles. The second-order valence-electron chi connectivity index (χ2n) is 4.10. The second kappa shape index (κ2) is 7.32. The van der Waals surface area contributed by atoms with Crippen molar-refractivity contribution in [2.75, 3.05) is 13.1 Å². The first kappa shape index (κ1) is 16.5. The second-order valence-corrected chi connectivity index (χ2v) is 6.35. The maximum absolute atomic E-state index is 11.8. The smallest absolute Gasteiger partial charge is 0.235 e. The molecule has 1 amide bonds. The van der Waals surface area contributed by atoms with Gasteiger partial charge in [-0.15, -0.1) is 0 Å². The van der Waals surface area contributed by atoms with E-state index in [2.05, 4.69) is 10.0 Å². The Hall–Kier alpha value is -1.51. The van der Waals surface area contributed by atoms with Crippen molar-refractivity contribution in [3.63, 3.8) is 0 Å². The lowest BCUT2D eigenvalue weighted by atomic mass is 10.1. The van der Waals surface area contributed by atoms with E-state index in [4.69, 9.17) is 18.0 Å². The highest BCUT2D eigenvalue weighted by Gasteiger charge is 2.13. The maximum Gasteiger partial charge on any atom is 0.235 e. The molecule has 110 valence electrons. The van der Waals surface area contributed by atoms with Crippen LogP contribution in [0, 0.1) is 0 Å². The van der Waals surface area contributed by atoms with E-state index in [1.165, 1.54) is 0 Å². The van der Waals surface area contributed by atoms with Gasteiger partial charge in [-0.25, -0.2) is 13.1 Å². The molecule has 0 fully saturated rings. The molecule has 8 heteroatoms. The summed E-state index contributed by atoms with van der Waals surface area (Å²) in [6.45, 7) is 1.94. The van der Waals surface area contributed by atoms with Gasteiger partial charge in [0.2, 0.25) is 15.9 Å². The largest absolute Gasteiger partial charge is 0.389 e. The van der Waals surface area contributed by atoms with Crippen LogP contribution < -0.4 is 15.8 Å². The number of likely N-dealkylation sites (N-methyl/N-ethyl adjacent to an activating group) is 1. The number of carbonyl (C=O) groups excluding carboxylic acids is 1. The monoisotopic (exact) mass is 315 g/mol. The van der Waals surface area contributed by atoms with E-state index >= 15 is 0 Å². The molecule has 0 heterocycles. The van der Waals surface area contributed by atoms with Crippen LogP contribution in [0.1, 0.15) is 18.1 Å². The molecule has 0 aliphatic heterocycles. The number of hydrogen-bond acceptors (Lipinski definition) is 4. The van der Waals surface area contributed by atoms with Gasteiger partial charge in [-0.2, -0.15) is 0 Å². The number of carbonyl (C=O) groups is 1. The van der Waals surface area contributed by atoms with Crippen LogP contribution in [-0.4, -0.2) is 32.4 Å². The molecule has 1 aromatic carbocycles. The summed E-state index contributed by atoms with van der Waals surface area (Å²) in [5.41, 5.74) is 6.65. The Kier molecular flexibility index (Phi) is 6.05. The number of sulfonamides is 1. The third-order valence-electron chi connectivity index (χ3n) is 2.39. The summed E-state index contributed by atoms with van der Waals surface area (Å²) < 4.78 is 25.9. The zero-order chi connectivity index (χ0) is 15.2. The molecular formula is C12H17N3O3S2. The lowest BCUT2D eigenvalue weighted by Crippen LogP contribution is -2.37. The molecule has 0 saturated carbocycles. The van der Waals surface area contributed by atoms with Gasteiger partial charge in [-0.1, -0.05) is 30.4 Å². The molecule has 6 nitrogen and oxygen atoms in total. The molecule has 0 unspecified atom stereocenters. The Bertz CT molecular complexity index is 600. The number of rotatable bonds is 7. The summed E-state index contributed by atoms with van der Waals surface area (Å²) in [4.78, 5) is 11.4. The highest BCUT2D eigenvalue weighted by Crippen LogP contribution is 2.08. The fourth-order valence-electron chi connectivity index (χ4n) is 1.52. The van der Waals surface area contributed by atoms with Crippen molar-refractivity contribution in [1.29, 1.82) is 0 Å². The molecule has 4 N–H and O–H groups in total. The first-order valence-corrected chi connectivity index (χ1v) is 8.03. The highest BCUT2D eigenvalue weighted by atomic mass is 32.2. The van der Waals surface area contributed by atoms with Crippen molar-refractivity contribution in [3.8, 4) is 0 Å². The van der Waals surface area contributed by atoms with Crippen molar-refractivity contribution in [3.05, 3.63) is 35.4 Å². The van der Waals surface area contributed by atoms with Crippen molar-refractivity contribution < 1.29 is 13.2 Å². The van der Waals surface area contributed by atoms with Crippen LogP contribution >= 0.6 is 12.2 Å². The zero-order valence-electron chi connectivity index (χ0n) is 11.0. The SMILES string of the molecule is CCNC(=O)CNS(=O)(=O)Cc1cccc(C(N)=S)c1. The molecule has 0 bridgehead atoms. The van der Waals surface area contributed by atoms with Gasteiger partial charge in [0.15, 0.2) is 0 Å². The third-order valence-corrected chi connectivity index (χ3v) is 3.93. The fraction of sp³-hybridized carbons (Fsp3) is 0.333. The first-order chi connectivity index (χ1) is 9.34. The van der Waals surface area contributed by atoms with Gasteiger partial charge in [0.25, 0.3) is 0 Å². The average molecular weight is 315 g/mol. The topological polar surface area (TPSA) is 101 Å². The predicted octanol–water partition coefficient (Wildman–Crippen LogP) is -0.124. The van der Waals surface area contributed by atoms with E-state index in [9.17, 15) is 13.2 Å². The minimum Gasteiger partial charge on any atom is -0.389 e. The summed E-state index contributed by atoms with van der Waals surface area (Å²) in [7, 11) is -3.59. The predicted molar refractivity (Wildman–Crippen MR) is 81.6 cm³/mol. The van der Waals surface area contributed by atoms with E-state index < -0.39 is 10.0 Å². The van der Waals surface area contributed by atoms with Crippen molar-refractivity contribution in [2.24, 2.45) is 5.73 Å². The molecule has 0 atom stereocenters. The first-order valence-electron chi connectivity index (χ1n) is 5.97. The van der Waals surface area contributed by atoms with Crippen LogP contribution in [-0.2, 0) is 20.6 Å². The Morgan fingerprint density at radius 1 is 1.40 bits per heavy atom. The number of nitrogens with one attached hydrogen (secondary N) is 2. The average Bonchev–Trinajstić information content (AvgIpc) is 2.37. The molecule has 1 aromatic rings. The molecule has 0 aliphatic rings. The van der Waals surface area contributed by atoms with Gasteiger partial charge in [0.1, 0.15) is 4.99 Å². The van der Waals surface area contributed by atoms with E-state index in [1.54, 1.807) is 31.2 Å². The molecule has 0 saturated heterocycles. The van der Waals surface area contributed by atoms with E-state index in [0.29, 0.717) is 17.7 Å². The van der Waals surface area contributed by atoms with Gasteiger partial charge in [0, 0.05) is 12.1 Å². The third kappa shape index (κ3) is 5.64. The molecule has 0 radical (unpaired) electrons. The lowest BCUT2D eigenvalue weighted by molar-refractivity contribution is -0.119. The Morgan fingerprint density at radius 2 is 2.10 bits per heavy atom. The minimum absolute atomic E-state index is 0.208. The quantitative estimate of drug-likeness (QED) is 0.609. The zero-order valence-corrected chi connectivity index (χ0v) is 12.7. The van der Waals surface area contributed by atoms with E-state index in [1.807, 2.05) is 0 Å². The molecule has 0 aromatic heterocycles. The van der Waals surface area contributed by atoms with Crippen LogP contribution in [0.3, 0.4) is 0 Å². The number of amides is 1. The number of nitrogens with two attached hydrogens (primary N) is 1. The van der Waals surface area contributed by atoms with Crippen LogP contribution in [0.15, 0.2) is 24.3 Å². The Morgan fingerprint density at radius 3 is 2.70 bits per heavy atom. The molecule has 20 heavy (non-hydrogen) atoms. The number of benzene rings is 1. The maximum atomic E-state index is 11.8. The van der Waals surface area contributed by atoms with Crippen molar-refractivity contribution >= 4 is 33.1 Å². The van der Waals surface area contributed by atoms with E-state index in [0.717, 1.165) is 0 Å². The van der Waals surface area contributed by atoms with E-state index in [-0.39, 0.29) is 23.2 Å². The van der Waals surface area contributed by atoms with Crippen LogP contribution in [0.5, 0.6) is 0 Å². The standard InChI is InChI=1S/C12H17N3O3S2/c1-2-14-11(16)7-15-20(17,18)8-9-4-3-5-10(6-9)12(13)19/h3-6,15H,2,7-8H2,1H3,(H2,13,19)(H,14,16). The number of hydrogen-bond donors (Lipinski definition) is 3. The minimum atomic E-state index is -3.59. The van der Waals surface area contributed by atoms with Gasteiger partial charge in [-0.3, -0.25) is 4.79 Å². The fourth-order valence-corrected chi connectivity index (χ4v) is 2.72. The summed E-state index contributed by atoms with van der Waals surface area (Å²) in [6.07, 6.45) is 0. The lowest BCUT2D eigenvalue weighted by Gasteiger charge is -2.08. The summed E-state index contributed by atoms with van der Waals surface area (Å²) in [5.74, 6) is -0.601. The van der Waals surface area contributed by atoms with Crippen molar-refractivity contribution in [2.45, 2.75) is 12.7 Å². The van der Waals surface area contributed by atoms with Crippen LogP contribution in [0.4, 0.5) is 0 Å². The van der Waals surface area contributed by atoms with Gasteiger partial charge in [-0.05, 0) is 18.6 Å². The number of thiocarbonyl (C=S) groups is 1. The summed E-state index contributed by atoms with van der Waals surface area (Å²) in [6, 6.07) is 6.67. The van der Waals surface area contributed by atoms with Gasteiger partial charge in [0.05, 0.1) is 12.3 Å². The van der Waals surface area contributed by atoms with Gasteiger partial charge >= 0.3 is 0 Å². The van der Waals surface area contributed by atoms with Crippen LogP contribution in [0.25, 0.3) is 0 Å². The highest BCUT2D eigenvalue weighted by molar-refractivity contribution is 7.88. The van der Waals surface area contributed by atoms with Gasteiger partial charge < -0.3 is 11.1 Å². The molecule has 0 spiro atoms. The molecular weight excluding hydrogens is 298 g/mol. The summed E-state index contributed by atoms with van der Waals surface area (Å²) >= 11 is 4.84. The normalized spacial score (nSPS) is 11.1. The summed E-state index contributed by atoms with van der Waals surface area (Å²) in [5, 5.41) is 2.51. The Balaban J connectivity index is 2.69.